The van der Waals surface area contributed by atoms with Crippen molar-refractivity contribution in [1.29, 1.82) is 0 Å². The van der Waals surface area contributed by atoms with Gasteiger partial charge in [0.2, 0.25) is 0 Å². The minimum absolute atomic E-state index is 0.192. The molecular formula is C7H19N3. The molecule has 10 heavy (non-hydrogen) atoms. The monoisotopic (exact) mass is 145 g/mol. The molecule has 0 aromatic heterocycles. The van der Waals surface area contributed by atoms with Crippen molar-refractivity contribution in [3.8, 4) is 0 Å². The molecule has 3 nitrogen and oxygen atoms in total. The Kier molecular flexibility index (Phi) is 6.91. The van der Waals surface area contributed by atoms with Crippen LogP contribution in [0.25, 0.3) is 0 Å². The van der Waals surface area contributed by atoms with Crippen molar-refractivity contribution in [2.24, 2.45) is 17.2 Å². The molecule has 0 aromatic rings. The number of unbranched alkanes of at least 4 members (excludes halogenated alkanes) is 2. The molecule has 0 amide bonds. The lowest BCUT2D eigenvalue weighted by Crippen LogP contribution is -2.29. The van der Waals surface area contributed by atoms with Gasteiger partial charge in [-0.05, 0) is 19.4 Å². The third kappa shape index (κ3) is 6.01. The molecule has 0 bridgehead atoms. The fourth-order valence-corrected chi connectivity index (χ4v) is 0.845. The number of hydrogen-bond acceptors (Lipinski definition) is 3. The molecule has 0 aliphatic rings. The van der Waals surface area contributed by atoms with Crippen LogP contribution in [0, 0.1) is 0 Å². The molecule has 0 rings (SSSR count). The quantitative estimate of drug-likeness (QED) is 0.453. The summed E-state index contributed by atoms with van der Waals surface area (Å²) >= 11 is 0. The fraction of sp³-hybridized carbons (Fsp3) is 1.00. The first-order chi connectivity index (χ1) is 4.81. The number of rotatable bonds is 6. The van der Waals surface area contributed by atoms with Crippen LogP contribution in [0.1, 0.15) is 25.7 Å². The van der Waals surface area contributed by atoms with E-state index in [2.05, 4.69) is 0 Å². The van der Waals surface area contributed by atoms with E-state index < -0.39 is 0 Å². The Labute approximate surface area is 62.9 Å². The van der Waals surface area contributed by atoms with Gasteiger partial charge in [-0.1, -0.05) is 12.8 Å². The largest absolute Gasteiger partial charge is 0.330 e. The molecule has 0 aromatic carbocycles. The van der Waals surface area contributed by atoms with Gasteiger partial charge >= 0.3 is 0 Å². The lowest BCUT2D eigenvalue weighted by Gasteiger charge is -2.06. The van der Waals surface area contributed by atoms with Gasteiger partial charge in [-0.3, -0.25) is 0 Å². The summed E-state index contributed by atoms with van der Waals surface area (Å²) in [5.41, 5.74) is 16.3. The van der Waals surface area contributed by atoms with Gasteiger partial charge in [0.15, 0.2) is 0 Å². The summed E-state index contributed by atoms with van der Waals surface area (Å²) in [4.78, 5) is 0. The van der Waals surface area contributed by atoms with Crippen molar-refractivity contribution < 1.29 is 0 Å². The lowest BCUT2D eigenvalue weighted by molar-refractivity contribution is 0.559. The van der Waals surface area contributed by atoms with Crippen LogP contribution in [0.4, 0.5) is 0 Å². The van der Waals surface area contributed by atoms with Crippen LogP contribution in [0.3, 0.4) is 0 Å². The summed E-state index contributed by atoms with van der Waals surface area (Å²) in [5.74, 6) is 0. The minimum Gasteiger partial charge on any atom is -0.330 e. The topological polar surface area (TPSA) is 78.1 Å². The van der Waals surface area contributed by atoms with Crippen LogP contribution in [0.2, 0.25) is 0 Å². The fourth-order valence-electron chi connectivity index (χ4n) is 0.845. The van der Waals surface area contributed by atoms with E-state index in [0.29, 0.717) is 6.54 Å². The highest BCUT2D eigenvalue weighted by Crippen LogP contribution is 1.99. The molecule has 1 atom stereocenters. The summed E-state index contributed by atoms with van der Waals surface area (Å²) in [6.07, 6.45) is 4.49. The molecule has 0 radical (unpaired) electrons. The lowest BCUT2D eigenvalue weighted by atomic mass is 10.1. The van der Waals surface area contributed by atoms with Crippen molar-refractivity contribution in [2.45, 2.75) is 31.7 Å². The van der Waals surface area contributed by atoms with E-state index in [0.717, 1.165) is 25.8 Å². The van der Waals surface area contributed by atoms with Gasteiger partial charge in [-0.25, -0.2) is 0 Å². The molecule has 1 unspecified atom stereocenters. The van der Waals surface area contributed by atoms with Crippen LogP contribution in [-0.2, 0) is 0 Å². The van der Waals surface area contributed by atoms with E-state index in [1.54, 1.807) is 0 Å². The first-order valence-corrected chi connectivity index (χ1v) is 3.97. The van der Waals surface area contributed by atoms with Gasteiger partial charge in [0.25, 0.3) is 0 Å². The summed E-state index contributed by atoms with van der Waals surface area (Å²) in [6, 6.07) is 0.192. The van der Waals surface area contributed by atoms with Crippen LogP contribution in [-0.4, -0.2) is 19.1 Å². The number of nitrogens with two attached hydrogens (primary N) is 3. The van der Waals surface area contributed by atoms with Crippen molar-refractivity contribution in [3.63, 3.8) is 0 Å². The maximum absolute atomic E-state index is 5.60. The molecule has 0 aliphatic heterocycles. The normalized spacial score (nSPS) is 13.5. The highest BCUT2D eigenvalue weighted by atomic mass is 14.7. The minimum atomic E-state index is 0.192. The molecule has 62 valence electrons. The van der Waals surface area contributed by atoms with Gasteiger partial charge in [-0.15, -0.1) is 0 Å². The summed E-state index contributed by atoms with van der Waals surface area (Å²) in [5, 5.41) is 0. The Morgan fingerprint density at radius 3 is 2.20 bits per heavy atom. The SMILES string of the molecule is NCCCCCC(N)CN. The van der Waals surface area contributed by atoms with E-state index in [4.69, 9.17) is 17.2 Å². The molecule has 0 aliphatic carbocycles. The van der Waals surface area contributed by atoms with Crippen molar-refractivity contribution in [2.75, 3.05) is 13.1 Å². The number of hydrogen-bond donors (Lipinski definition) is 3. The van der Waals surface area contributed by atoms with E-state index in [1.165, 1.54) is 6.42 Å². The van der Waals surface area contributed by atoms with Crippen LogP contribution < -0.4 is 17.2 Å². The molecular weight excluding hydrogens is 126 g/mol. The Hall–Kier alpha value is -0.120. The first kappa shape index (κ1) is 9.88. The summed E-state index contributed by atoms with van der Waals surface area (Å²) in [6.45, 7) is 1.39. The molecule has 0 spiro atoms. The van der Waals surface area contributed by atoms with Gasteiger partial charge in [-0.2, -0.15) is 0 Å². The van der Waals surface area contributed by atoms with E-state index in [-0.39, 0.29) is 6.04 Å². The Bertz CT molecular complexity index is 65.9. The van der Waals surface area contributed by atoms with Gasteiger partial charge in [0, 0.05) is 12.6 Å². The predicted octanol–water partition coefficient (Wildman–Crippen LogP) is -0.208. The van der Waals surface area contributed by atoms with Crippen molar-refractivity contribution in [1.82, 2.24) is 0 Å². The molecule has 0 saturated heterocycles. The third-order valence-electron chi connectivity index (χ3n) is 1.58. The maximum Gasteiger partial charge on any atom is 0.0163 e. The van der Waals surface area contributed by atoms with E-state index in [9.17, 15) is 0 Å². The van der Waals surface area contributed by atoms with Crippen LogP contribution in [0.15, 0.2) is 0 Å². The first-order valence-electron chi connectivity index (χ1n) is 3.97. The highest BCUT2D eigenvalue weighted by Gasteiger charge is 1.97. The second kappa shape index (κ2) is 6.99. The van der Waals surface area contributed by atoms with E-state index >= 15 is 0 Å². The van der Waals surface area contributed by atoms with Crippen molar-refractivity contribution in [3.05, 3.63) is 0 Å². The zero-order chi connectivity index (χ0) is 7.82. The zero-order valence-electron chi connectivity index (χ0n) is 6.55. The molecule has 0 saturated carbocycles. The van der Waals surface area contributed by atoms with Crippen molar-refractivity contribution >= 4 is 0 Å². The molecule has 6 N–H and O–H groups in total. The predicted molar refractivity (Wildman–Crippen MR) is 44.6 cm³/mol. The average Bonchev–Trinajstić information content (AvgIpc) is 1.98. The second-order valence-corrected chi connectivity index (χ2v) is 2.63. The zero-order valence-corrected chi connectivity index (χ0v) is 6.55. The van der Waals surface area contributed by atoms with Crippen LogP contribution >= 0.6 is 0 Å². The summed E-state index contributed by atoms with van der Waals surface area (Å²) < 4.78 is 0. The Morgan fingerprint density at radius 1 is 1.00 bits per heavy atom. The maximum atomic E-state index is 5.60. The van der Waals surface area contributed by atoms with E-state index in [1.807, 2.05) is 0 Å². The van der Waals surface area contributed by atoms with Gasteiger partial charge in [0.1, 0.15) is 0 Å². The average molecular weight is 145 g/mol. The van der Waals surface area contributed by atoms with Gasteiger partial charge in [0.05, 0.1) is 0 Å². The third-order valence-corrected chi connectivity index (χ3v) is 1.58. The Morgan fingerprint density at radius 2 is 1.70 bits per heavy atom. The van der Waals surface area contributed by atoms with Gasteiger partial charge < -0.3 is 17.2 Å². The second-order valence-electron chi connectivity index (χ2n) is 2.63. The Balaban J connectivity index is 2.89. The van der Waals surface area contributed by atoms with Crippen LogP contribution in [0.5, 0.6) is 0 Å². The molecule has 3 heteroatoms. The summed E-state index contributed by atoms with van der Waals surface area (Å²) in [7, 11) is 0. The highest BCUT2D eigenvalue weighted by molar-refractivity contribution is 4.60. The smallest absolute Gasteiger partial charge is 0.0163 e. The molecule has 0 fully saturated rings. The molecule has 0 heterocycles. The standard InChI is InChI=1S/C7H19N3/c8-5-3-1-2-4-7(10)6-9/h7H,1-6,8-10H2.